The van der Waals surface area contributed by atoms with Crippen LogP contribution in [0.25, 0.3) is 0 Å². The van der Waals surface area contributed by atoms with Gasteiger partial charge in [-0.05, 0) is 29.9 Å². The van der Waals surface area contributed by atoms with E-state index >= 15 is 0 Å². The van der Waals surface area contributed by atoms with Crippen LogP contribution in [-0.2, 0) is 11.2 Å². The van der Waals surface area contributed by atoms with Crippen LogP contribution >= 0.6 is 0 Å². The predicted molar refractivity (Wildman–Crippen MR) is 69.6 cm³/mol. The van der Waals surface area contributed by atoms with Crippen molar-refractivity contribution in [1.82, 2.24) is 4.90 Å². The maximum atomic E-state index is 13.5. The number of benzene rings is 1. The van der Waals surface area contributed by atoms with Gasteiger partial charge in [-0.3, -0.25) is 4.79 Å². The van der Waals surface area contributed by atoms with Gasteiger partial charge in [0.1, 0.15) is 11.6 Å². The number of nitrogens with zero attached hydrogens (tertiary/aromatic N) is 1. The lowest BCUT2D eigenvalue weighted by Crippen LogP contribution is -2.43. The first-order valence-corrected chi connectivity index (χ1v) is 6.67. The number of hydrogen-bond acceptors (Lipinski definition) is 1. The van der Waals surface area contributed by atoms with Crippen molar-refractivity contribution < 1.29 is 13.6 Å². The number of hydrogen-bond donors (Lipinski definition) is 0. The molecule has 1 heterocycles. The minimum atomic E-state index is -0.647. The second-order valence-electron chi connectivity index (χ2n) is 5.66. The quantitative estimate of drug-likeness (QED) is 0.806. The molecule has 1 aromatic rings. The summed E-state index contributed by atoms with van der Waals surface area (Å²) in [5, 5.41) is 0. The summed E-state index contributed by atoms with van der Waals surface area (Å²) in [6, 6.07) is 3.36. The Morgan fingerprint density at radius 1 is 1.26 bits per heavy atom. The van der Waals surface area contributed by atoms with Crippen molar-refractivity contribution in [2.45, 2.75) is 26.7 Å². The normalized spacial score (nSPS) is 23.5. The topological polar surface area (TPSA) is 20.3 Å². The van der Waals surface area contributed by atoms with Crippen molar-refractivity contribution in [3.05, 3.63) is 35.4 Å². The third-order valence-corrected chi connectivity index (χ3v) is 3.58. The first kappa shape index (κ1) is 14.0. The van der Waals surface area contributed by atoms with Crippen molar-refractivity contribution in [2.24, 2.45) is 11.8 Å². The third-order valence-electron chi connectivity index (χ3n) is 3.58. The van der Waals surface area contributed by atoms with Crippen molar-refractivity contribution in [1.29, 1.82) is 0 Å². The zero-order chi connectivity index (χ0) is 14.0. The second-order valence-corrected chi connectivity index (χ2v) is 5.66. The summed E-state index contributed by atoms with van der Waals surface area (Å²) in [4.78, 5) is 14.0. The maximum absolute atomic E-state index is 13.5. The molecule has 2 rings (SSSR count). The molecule has 104 valence electrons. The number of amides is 1. The van der Waals surface area contributed by atoms with Gasteiger partial charge < -0.3 is 4.90 Å². The zero-order valence-corrected chi connectivity index (χ0v) is 11.3. The molecular formula is C15H19F2NO. The molecule has 1 aromatic carbocycles. The number of piperidine rings is 1. The van der Waals surface area contributed by atoms with Crippen LogP contribution in [0.5, 0.6) is 0 Å². The largest absolute Gasteiger partial charge is 0.342 e. The Hall–Kier alpha value is -1.45. The van der Waals surface area contributed by atoms with Crippen LogP contribution in [0, 0.1) is 23.5 Å². The number of carbonyl (C=O) groups is 1. The Balaban J connectivity index is 2.04. The molecule has 0 N–H and O–H groups in total. The molecule has 0 spiro atoms. The number of halogens is 2. The minimum Gasteiger partial charge on any atom is -0.342 e. The van der Waals surface area contributed by atoms with Crippen LogP contribution < -0.4 is 0 Å². The van der Waals surface area contributed by atoms with E-state index in [2.05, 4.69) is 13.8 Å². The number of carbonyl (C=O) groups excluding carboxylic acids is 1. The van der Waals surface area contributed by atoms with E-state index in [1.807, 2.05) is 0 Å². The molecular weight excluding hydrogens is 248 g/mol. The van der Waals surface area contributed by atoms with Crippen LogP contribution in [0.15, 0.2) is 18.2 Å². The lowest BCUT2D eigenvalue weighted by molar-refractivity contribution is -0.133. The molecule has 1 aliphatic rings. The molecule has 2 unspecified atom stereocenters. The van der Waals surface area contributed by atoms with E-state index in [9.17, 15) is 13.6 Å². The fourth-order valence-corrected chi connectivity index (χ4v) is 2.81. The summed E-state index contributed by atoms with van der Waals surface area (Å²) in [6.07, 6.45) is 1.13. The van der Waals surface area contributed by atoms with Crippen molar-refractivity contribution in [2.75, 3.05) is 13.1 Å². The maximum Gasteiger partial charge on any atom is 0.227 e. The van der Waals surface area contributed by atoms with Gasteiger partial charge in [-0.1, -0.05) is 19.9 Å². The molecule has 0 aliphatic carbocycles. The summed E-state index contributed by atoms with van der Waals surface area (Å²) in [5.74, 6) is -0.388. The van der Waals surface area contributed by atoms with E-state index in [-0.39, 0.29) is 17.9 Å². The molecule has 1 aliphatic heterocycles. The van der Waals surface area contributed by atoms with Crippen molar-refractivity contribution in [3.63, 3.8) is 0 Å². The smallest absolute Gasteiger partial charge is 0.227 e. The van der Waals surface area contributed by atoms with Crippen LogP contribution in [0.3, 0.4) is 0 Å². The number of likely N-dealkylation sites (tertiary alicyclic amines) is 1. The summed E-state index contributed by atoms with van der Waals surface area (Å²) < 4.78 is 26.3. The van der Waals surface area contributed by atoms with Gasteiger partial charge >= 0.3 is 0 Å². The molecule has 1 saturated heterocycles. The lowest BCUT2D eigenvalue weighted by atomic mass is 9.91. The first-order chi connectivity index (χ1) is 8.95. The van der Waals surface area contributed by atoms with E-state index in [0.29, 0.717) is 11.8 Å². The Kier molecular flexibility index (Phi) is 4.17. The Morgan fingerprint density at radius 3 is 2.47 bits per heavy atom. The van der Waals surface area contributed by atoms with Crippen LogP contribution in [0.2, 0.25) is 0 Å². The van der Waals surface area contributed by atoms with Gasteiger partial charge in [0.15, 0.2) is 0 Å². The lowest BCUT2D eigenvalue weighted by Gasteiger charge is -2.35. The fraction of sp³-hybridized carbons (Fsp3) is 0.533. The van der Waals surface area contributed by atoms with Crippen LogP contribution in [0.1, 0.15) is 25.8 Å². The van der Waals surface area contributed by atoms with Gasteiger partial charge in [0.25, 0.3) is 0 Å². The SMILES string of the molecule is CC1CC(C)CN(C(=O)Cc2ccc(F)cc2F)C1. The molecule has 1 amide bonds. The summed E-state index contributed by atoms with van der Waals surface area (Å²) in [6.45, 7) is 5.70. The molecule has 0 aromatic heterocycles. The van der Waals surface area contributed by atoms with E-state index < -0.39 is 11.6 Å². The average Bonchev–Trinajstić information content (AvgIpc) is 2.31. The van der Waals surface area contributed by atoms with Gasteiger partial charge in [0.05, 0.1) is 6.42 Å². The van der Waals surface area contributed by atoms with E-state index in [1.54, 1.807) is 4.90 Å². The van der Waals surface area contributed by atoms with Gasteiger partial charge in [0, 0.05) is 19.2 Å². The molecule has 0 radical (unpaired) electrons. The predicted octanol–water partition coefficient (Wildman–Crippen LogP) is 3.01. The summed E-state index contributed by atoms with van der Waals surface area (Å²) in [5.41, 5.74) is 0.261. The minimum absolute atomic E-state index is 0.00551. The standard InChI is InChI=1S/C15H19F2NO/c1-10-5-11(2)9-18(8-10)15(19)6-12-3-4-13(16)7-14(12)17/h3-4,7,10-11H,5-6,8-9H2,1-2H3. The van der Waals surface area contributed by atoms with Crippen molar-refractivity contribution in [3.8, 4) is 0 Å². The van der Waals surface area contributed by atoms with Crippen LogP contribution in [0.4, 0.5) is 8.78 Å². The Labute approximate surface area is 112 Å². The average molecular weight is 267 g/mol. The second kappa shape index (κ2) is 5.68. The van der Waals surface area contributed by atoms with E-state index in [4.69, 9.17) is 0 Å². The highest BCUT2D eigenvalue weighted by Gasteiger charge is 2.25. The number of rotatable bonds is 2. The van der Waals surface area contributed by atoms with Gasteiger partial charge in [-0.15, -0.1) is 0 Å². The monoisotopic (exact) mass is 267 g/mol. The highest BCUT2D eigenvalue weighted by atomic mass is 19.1. The van der Waals surface area contributed by atoms with Crippen LogP contribution in [-0.4, -0.2) is 23.9 Å². The van der Waals surface area contributed by atoms with Gasteiger partial charge in [0.2, 0.25) is 5.91 Å². The summed E-state index contributed by atoms with van der Waals surface area (Å²) in [7, 11) is 0. The first-order valence-electron chi connectivity index (χ1n) is 6.67. The van der Waals surface area contributed by atoms with E-state index in [0.717, 1.165) is 25.6 Å². The third kappa shape index (κ3) is 3.52. The molecule has 2 nitrogen and oxygen atoms in total. The summed E-state index contributed by atoms with van der Waals surface area (Å²) >= 11 is 0. The molecule has 2 atom stereocenters. The molecule has 0 bridgehead atoms. The Morgan fingerprint density at radius 2 is 1.89 bits per heavy atom. The molecule has 4 heteroatoms. The highest BCUT2D eigenvalue weighted by molar-refractivity contribution is 5.79. The molecule has 19 heavy (non-hydrogen) atoms. The highest BCUT2D eigenvalue weighted by Crippen LogP contribution is 2.22. The molecule has 1 fully saturated rings. The fourth-order valence-electron chi connectivity index (χ4n) is 2.81. The van der Waals surface area contributed by atoms with Crippen molar-refractivity contribution >= 4 is 5.91 Å². The van der Waals surface area contributed by atoms with Gasteiger partial charge in [-0.2, -0.15) is 0 Å². The Bertz CT molecular complexity index is 465. The zero-order valence-electron chi connectivity index (χ0n) is 11.3. The molecule has 0 saturated carbocycles. The van der Waals surface area contributed by atoms with Gasteiger partial charge in [-0.25, -0.2) is 8.78 Å². The van der Waals surface area contributed by atoms with E-state index in [1.165, 1.54) is 12.1 Å².